The Balaban J connectivity index is 1.65. The van der Waals surface area contributed by atoms with Gasteiger partial charge in [0.25, 0.3) is 5.91 Å². The van der Waals surface area contributed by atoms with E-state index in [1.807, 2.05) is 11.8 Å². The number of halogens is 1. The van der Waals surface area contributed by atoms with Crippen molar-refractivity contribution in [3.05, 3.63) is 51.4 Å². The summed E-state index contributed by atoms with van der Waals surface area (Å²) < 4.78 is 0. The highest BCUT2D eigenvalue weighted by Gasteiger charge is 2.04. The number of aromatic nitrogens is 1. The molecule has 1 amide bonds. The van der Waals surface area contributed by atoms with Crippen molar-refractivity contribution in [1.82, 2.24) is 10.3 Å². The van der Waals surface area contributed by atoms with Gasteiger partial charge in [0.2, 0.25) is 0 Å². The van der Waals surface area contributed by atoms with Crippen LogP contribution in [0, 0.1) is 0 Å². The first-order chi connectivity index (χ1) is 9.25. The molecule has 0 radical (unpaired) electrons. The van der Waals surface area contributed by atoms with E-state index in [1.165, 1.54) is 11.1 Å². The van der Waals surface area contributed by atoms with Crippen molar-refractivity contribution >= 4 is 40.6 Å². The van der Waals surface area contributed by atoms with Gasteiger partial charge in [0.15, 0.2) is 0 Å². The summed E-state index contributed by atoms with van der Waals surface area (Å²) in [4.78, 5) is 17.0. The second-order valence-corrected chi connectivity index (χ2v) is 6.28. The molecule has 0 fully saturated rings. The first kappa shape index (κ1) is 14.4. The summed E-state index contributed by atoms with van der Waals surface area (Å²) >= 11 is 9.23. The Kier molecular flexibility index (Phi) is 5.69. The molecule has 3 nitrogen and oxygen atoms in total. The number of rotatable bonds is 6. The number of thioether (sulfide) groups is 1. The first-order valence-electron chi connectivity index (χ1n) is 5.75. The molecule has 6 heteroatoms. The Bertz CT molecular complexity index is 514. The summed E-state index contributed by atoms with van der Waals surface area (Å²) in [6.07, 6.45) is 1.48. The molecule has 1 N–H and O–H groups in total. The van der Waals surface area contributed by atoms with Crippen LogP contribution in [0.15, 0.2) is 35.8 Å². The van der Waals surface area contributed by atoms with Gasteiger partial charge in [-0.1, -0.05) is 17.7 Å². The lowest BCUT2D eigenvalue weighted by Gasteiger charge is -2.04. The number of nitrogens with zero attached hydrogens (tertiary/aromatic N) is 1. The number of thiophene rings is 1. The Labute approximate surface area is 125 Å². The molecular formula is C13H13ClN2OS2. The first-order valence-corrected chi connectivity index (χ1v) is 8.17. The fourth-order valence-electron chi connectivity index (χ4n) is 1.42. The van der Waals surface area contributed by atoms with Crippen LogP contribution in [0.2, 0.25) is 5.15 Å². The molecule has 0 aliphatic rings. The van der Waals surface area contributed by atoms with Gasteiger partial charge in [0.05, 0.1) is 5.56 Å². The lowest BCUT2D eigenvalue weighted by Crippen LogP contribution is -2.25. The van der Waals surface area contributed by atoms with Gasteiger partial charge in [-0.3, -0.25) is 4.79 Å². The molecular weight excluding hydrogens is 300 g/mol. The monoisotopic (exact) mass is 312 g/mol. The molecule has 0 bridgehead atoms. The summed E-state index contributed by atoms with van der Waals surface area (Å²) in [5.41, 5.74) is 0.535. The minimum Gasteiger partial charge on any atom is -0.351 e. The smallest absolute Gasteiger partial charge is 0.252 e. The second kappa shape index (κ2) is 7.53. The lowest BCUT2D eigenvalue weighted by molar-refractivity contribution is 0.0956. The number of hydrogen-bond donors (Lipinski definition) is 1. The maximum absolute atomic E-state index is 11.7. The Morgan fingerprint density at radius 3 is 3.00 bits per heavy atom. The van der Waals surface area contributed by atoms with E-state index in [0.717, 1.165) is 11.5 Å². The molecule has 0 saturated heterocycles. The van der Waals surface area contributed by atoms with E-state index < -0.39 is 0 Å². The van der Waals surface area contributed by atoms with Gasteiger partial charge in [-0.2, -0.15) is 11.8 Å². The summed E-state index contributed by atoms with van der Waals surface area (Å²) in [7, 11) is 0. The molecule has 0 spiro atoms. The minimum atomic E-state index is -0.110. The largest absolute Gasteiger partial charge is 0.351 e. The molecule has 0 aliphatic heterocycles. The molecule has 0 atom stereocenters. The van der Waals surface area contributed by atoms with Crippen molar-refractivity contribution in [2.75, 3.05) is 12.3 Å². The van der Waals surface area contributed by atoms with Gasteiger partial charge in [0, 0.05) is 29.1 Å². The van der Waals surface area contributed by atoms with E-state index in [-0.39, 0.29) is 5.91 Å². The molecule has 2 rings (SSSR count). The number of carbonyl (C=O) groups excluding carboxylic acids is 1. The highest BCUT2D eigenvalue weighted by atomic mass is 35.5. The standard InChI is InChI=1S/C13H13ClN2OS2/c14-12-4-3-10(8-16-12)13(17)15-5-7-18-9-11-2-1-6-19-11/h1-4,6,8H,5,7,9H2,(H,15,17). The van der Waals surface area contributed by atoms with E-state index in [0.29, 0.717) is 17.3 Å². The summed E-state index contributed by atoms with van der Waals surface area (Å²) in [5, 5.41) is 5.33. The van der Waals surface area contributed by atoms with Gasteiger partial charge in [-0.25, -0.2) is 4.98 Å². The van der Waals surface area contributed by atoms with Crippen LogP contribution < -0.4 is 5.32 Å². The second-order valence-electron chi connectivity index (χ2n) is 3.76. The number of carbonyl (C=O) groups is 1. The van der Waals surface area contributed by atoms with Crippen molar-refractivity contribution in [1.29, 1.82) is 0 Å². The molecule has 2 heterocycles. The van der Waals surface area contributed by atoms with Gasteiger partial charge < -0.3 is 5.32 Å². The van der Waals surface area contributed by atoms with Crippen LogP contribution in [-0.2, 0) is 5.75 Å². The fourth-order valence-corrected chi connectivity index (χ4v) is 3.23. The number of pyridine rings is 1. The Morgan fingerprint density at radius 2 is 2.32 bits per heavy atom. The zero-order valence-electron chi connectivity index (χ0n) is 10.1. The summed E-state index contributed by atoms with van der Waals surface area (Å²) in [6, 6.07) is 7.46. The van der Waals surface area contributed by atoms with Crippen LogP contribution in [0.1, 0.15) is 15.2 Å². The third kappa shape index (κ3) is 4.86. The Hall–Kier alpha value is -1.04. The van der Waals surface area contributed by atoms with Crippen molar-refractivity contribution < 1.29 is 4.79 Å². The molecule has 0 saturated carbocycles. The average Bonchev–Trinajstić information content (AvgIpc) is 2.92. The van der Waals surface area contributed by atoms with Crippen LogP contribution in [0.5, 0.6) is 0 Å². The molecule has 0 aromatic carbocycles. The van der Waals surface area contributed by atoms with E-state index in [4.69, 9.17) is 11.6 Å². The molecule has 2 aromatic rings. The van der Waals surface area contributed by atoms with Gasteiger partial charge >= 0.3 is 0 Å². The third-order valence-corrected chi connectivity index (χ3v) is 4.64. The normalized spacial score (nSPS) is 10.4. The van der Waals surface area contributed by atoms with Gasteiger partial charge in [0.1, 0.15) is 5.15 Å². The molecule has 19 heavy (non-hydrogen) atoms. The van der Waals surface area contributed by atoms with Crippen LogP contribution in [0.4, 0.5) is 0 Å². The van der Waals surface area contributed by atoms with Crippen LogP contribution in [0.3, 0.4) is 0 Å². The zero-order chi connectivity index (χ0) is 13.5. The molecule has 0 aliphatic carbocycles. The maximum Gasteiger partial charge on any atom is 0.252 e. The van der Waals surface area contributed by atoms with E-state index in [9.17, 15) is 4.79 Å². The highest BCUT2D eigenvalue weighted by molar-refractivity contribution is 7.98. The highest BCUT2D eigenvalue weighted by Crippen LogP contribution is 2.16. The minimum absolute atomic E-state index is 0.110. The van der Waals surface area contributed by atoms with E-state index >= 15 is 0 Å². The van der Waals surface area contributed by atoms with Crippen molar-refractivity contribution in [3.63, 3.8) is 0 Å². The number of amides is 1. The van der Waals surface area contributed by atoms with E-state index in [1.54, 1.807) is 23.5 Å². The average molecular weight is 313 g/mol. The Morgan fingerprint density at radius 1 is 1.42 bits per heavy atom. The molecule has 0 unspecified atom stereocenters. The van der Waals surface area contributed by atoms with E-state index in [2.05, 4.69) is 27.8 Å². The van der Waals surface area contributed by atoms with Crippen LogP contribution >= 0.6 is 34.7 Å². The topological polar surface area (TPSA) is 42.0 Å². The molecule has 100 valence electrons. The van der Waals surface area contributed by atoms with Gasteiger partial charge in [-0.15, -0.1) is 11.3 Å². The quantitative estimate of drug-likeness (QED) is 0.656. The van der Waals surface area contributed by atoms with Crippen LogP contribution in [-0.4, -0.2) is 23.2 Å². The predicted octanol–water partition coefficient (Wildman–Crippen LogP) is 3.46. The SMILES string of the molecule is O=C(NCCSCc1cccs1)c1ccc(Cl)nc1. The van der Waals surface area contributed by atoms with Gasteiger partial charge in [-0.05, 0) is 23.6 Å². The number of hydrogen-bond acceptors (Lipinski definition) is 4. The lowest BCUT2D eigenvalue weighted by atomic mass is 10.3. The van der Waals surface area contributed by atoms with Crippen molar-refractivity contribution in [3.8, 4) is 0 Å². The fraction of sp³-hybridized carbons (Fsp3) is 0.231. The number of nitrogens with one attached hydrogen (secondary N) is 1. The third-order valence-electron chi connectivity index (χ3n) is 2.35. The molecule has 2 aromatic heterocycles. The zero-order valence-corrected chi connectivity index (χ0v) is 12.5. The summed E-state index contributed by atoms with van der Waals surface area (Å²) in [6.45, 7) is 0.650. The maximum atomic E-state index is 11.7. The summed E-state index contributed by atoms with van der Waals surface area (Å²) in [5.74, 6) is 1.78. The van der Waals surface area contributed by atoms with Crippen molar-refractivity contribution in [2.24, 2.45) is 0 Å². The predicted molar refractivity (Wildman–Crippen MR) is 82.1 cm³/mol. The van der Waals surface area contributed by atoms with Crippen LogP contribution in [0.25, 0.3) is 0 Å². The van der Waals surface area contributed by atoms with Crippen molar-refractivity contribution in [2.45, 2.75) is 5.75 Å².